The molecule has 1 heterocycles. The van der Waals surface area contributed by atoms with Crippen molar-refractivity contribution in [3.63, 3.8) is 0 Å². The Balaban J connectivity index is 2.34. The number of amides is 1. The highest BCUT2D eigenvalue weighted by Crippen LogP contribution is 2.26. The fraction of sp³-hybridized carbons (Fsp3) is 0.200. The number of hydrogen-bond acceptors (Lipinski definition) is 4. The van der Waals surface area contributed by atoms with Gasteiger partial charge < -0.3 is 16.4 Å². The molecule has 0 aliphatic rings. The molecule has 5 nitrogen and oxygen atoms in total. The molecule has 0 radical (unpaired) electrons. The molecule has 21 heavy (non-hydrogen) atoms. The van der Waals surface area contributed by atoms with E-state index < -0.39 is 5.91 Å². The Labute approximate surface area is 132 Å². The second-order valence-electron chi connectivity index (χ2n) is 4.84. The first-order valence-corrected chi connectivity index (χ1v) is 7.25. The smallest absolute Gasteiger partial charge is 0.237 e. The minimum Gasteiger partial charge on any atom is -0.398 e. The second kappa shape index (κ2) is 6.58. The van der Waals surface area contributed by atoms with E-state index in [1.165, 1.54) is 0 Å². The van der Waals surface area contributed by atoms with Gasteiger partial charge in [-0.05, 0) is 46.1 Å². The fourth-order valence-corrected chi connectivity index (χ4v) is 2.75. The highest BCUT2D eigenvalue weighted by molar-refractivity contribution is 9.10. The number of aromatic nitrogens is 1. The summed E-state index contributed by atoms with van der Waals surface area (Å²) in [5, 5.41) is 0. The molecule has 110 valence electrons. The highest BCUT2D eigenvalue weighted by atomic mass is 79.9. The van der Waals surface area contributed by atoms with E-state index >= 15 is 0 Å². The zero-order chi connectivity index (χ0) is 15.4. The standard InChI is InChI=1S/C15H17BrN4O/c1-10-6-12(16)15(19-7-10)20(9-14(18)21)8-11-4-2-3-5-13(11)17/h2-7H,8-9,17H2,1H3,(H2,18,21). The predicted octanol–water partition coefficient (Wildman–Crippen LogP) is 2.23. The third-order valence-corrected chi connectivity index (χ3v) is 3.60. The van der Waals surface area contributed by atoms with Crippen molar-refractivity contribution >= 4 is 33.3 Å². The third-order valence-electron chi connectivity index (χ3n) is 3.02. The molecular weight excluding hydrogens is 332 g/mol. The molecule has 0 saturated carbocycles. The lowest BCUT2D eigenvalue weighted by Gasteiger charge is -2.24. The summed E-state index contributed by atoms with van der Waals surface area (Å²) in [4.78, 5) is 17.5. The Morgan fingerprint density at radius 2 is 2.10 bits per heavy atom. The molecule has 2 rings (SSSR count). The SMILES string of the molecule is Cc1cnc(N(CC(N)=O)Cc2ccccc2N)c(Br)c1. The van der Waals surface area contributed by atoms with Crippen LogP contribution in [0.15, 0.2) is 41.0 Å². The first-order chi connectivity index (χ1) is 9.97. The molecule has 0 unspecified atom stereocenters. The summed E-state index contributed by atoms with van der Waals surface area (Å²) in [6, 6.07) is 9.48. The molecule has 0 aliphatic carbocycles. The average Bonchev–Trinajstić information content (AvgIpc) is 2.40. The topological polar surface area (TPSA) is 85.2 Å². The van der Waals surface area contributed by atoms with E-state index in [-0.39, 0.29) is 6.54 Å². The van der Waals surface area contributed by atoms with E-state index in [0.29, 0.717) is 18.1 Å². The maximum atomic E-state index is 11.3. The molecule has 1 amide bonds. The number of para-hydroxylation sites is 1. The van der Waals surface area contributed by atoms with Gasteiger partial charge in [0.25, 0.3) is 0 Å². The quantitative estimate of drug-likeness (QED) is 0.811. The van der Waals surface area contributed by atoms with Gasteiger partial charge in [0.2, 0.25) is 5.91 Å². The van der Waals surface area contributed by atoms with Gasteiger partial charge in [-0.3, -0.25) is 4.79 Å². The van der Waals surface area contributed by atoms with Gasteiger partial charge in [-0.1, -0.05) is 18.2 Å². The van der Waals surface area contributed by atoms with Crippen LogP contribution in [0.5, 0.6) is 0 Å². The van der Waals surface area contributed by atoms with Gasteiger partial charge in [0.1, 0.15) is 5.82 Å². The van der Waals surface area contributed by atoms with Crippen molar-refractivity contribution in [3.05, 3.63) is 52.1 Å². The van der Waals surface area contributed by atoms with Gasteiger partial charge in [-0.2, -0.15) is 0 Å². The lowest BCUT2D eigenvalue weighted by molar-refractivity contribution is -0.116. The van der Waals surface area contributed by atoms with Crippen LogP contribution in [0, 0.1) is 6.92 Å². The Morgan fingerprint density at radius 3 is 2.71 bits per heavy atom. The summed E-state index contributed by atoms with van der Waals surface area (Å²) in [5.74, 6) is 0.251. The minimum atomic E-state index is -0.418. The molecule has 0 fully saturated rings. The highest BCUT2D eigenvalue weighted by Gasteiger charge is 2.15. The molecule has 0 bridgehead atoms. The lowest BCUT2D eigenvalue weighted by atomic mass is 10.1. The van der Waals surface area contributed by atoms with Gasteiger partial charge in [0.05, 0.1) is 11.0 Å². The summed E-state index contributed by atoms with van der Waals surface area (Å²) in [5.41, 5.74) is 13.9. The van der Waals surface area contributed by atoms with Crippen LogP contribution in [0.4, 0.5) is 11.5 Å². The monoisotopic (exact) mass is 348 g/mol. The number of halogens is 1. The minimum absolute atomic E-state index is 0.0724. The van der Waals surface area contributed by atoms with Crippen molar-refractivity contribution in [1.29, 1.82) is 0 Å². The van der Waals surface area contributed by atoms with Gasteiger partial charge in [0.15, 0.2) is 0 Å². The molecule has 4 N–H and O–H groups in total. The van der Waals surface area contributed by atoms with Crippen molar-refractivity contribution in [1.82, 2.24) is 4.98 Å². The zero-order valence-corrected chi connectivity index (χ0v) is 13.3. The average molecular weight is 349 g/mol. The van der Waals surface area contributed by atoms with Crippen LogP contribution >= 0.6 is 15.9 Å². The van der Waals surface area contributed by atoms with E-state index in [1.807, 2.05) is 37.3 Å². The maximum absolute atomic E-state index is 11.3. The summed E-state index contributed by atoms with van der Waals surface area (Å²) in [6.07, 6.45) is 1.75. The van der Waals surface area contributed by atoms with Gasteiger partial charge in [0, 0.05) is 18.4 Å². The number of pyridine rings is 1. The molecule has 0 aliphatic heterocycles. The molecule has 1 aromatic heterocycles. The van der Waals surface area contributed by atoms with E-state index in [0.717, 1.165) is 15.6 Å². The van der Waals surface area contributed by atoms with Crippen LogP contribution in [0.3, 0.4) is 0 Å². The largest absolute Gasteiger partial charge is 0.398 e. The van der Waals surface area contributed by atoms with Crippen LogP contribution in [-0.4, -0.2) is 17.4 Å². The Morgan fingerprint density at radius 1 is 1.38 bits per heavy atom. The number of aryl methyl sites for hydroxylation is 1. The van der Waals surface area contributed by atoms with E-state index in [9.17, 15) is 4.79 Å². The Bertz CT molecular complexity index is 660. The summed E-state index contributed by atoms with van der Waals surface area (Å²) >= 11 is 3.48. The Hall–Kier alpha value is -2.08. The van der Waals surface area contributed by atoms with Crippen LogP contribution in [-0.2, 0) is 11.3 Å². The van der Waals surface area contributed by atoms with E-state index in [2.05, 4.69) is 20.9 Å². The Kier molecular flexibility index (Phi) is 4.80. The van der Waals surface area contributed by atoms with Gasteiger partial charge >= 0.3 is 0 Å². The normalized spacial score (nSPS) is 10.4. The maximum Gasteiger partial charge on any atom is 0.237 e. The summed E-state index contributed by atoms with van der Waals surface area (Å²) in [6.45, 7) is 2.49. The van der Waals surface area contributed by atoms with Crippen LogP contribution in [0.2, 0.25) is 0 Å². The molecule has 0 spiro atoms. The predicted molar refractivity (Wildman–Crippen MR) is 87.8 cm³/mol. The van der Waals surface area contributed by atoms with Crippen molar-refractivity contribution in [3.8, 4) is 0 Å². The number of benzene rings is 1. The van der Waals surface area contributed by atoms with Gasteiger partial charge in [-0.15, -0.1) is 0 Å². The number of carbonyl (C=O) groups excluding carboxylic acids is 1. The third kappa shape index (κ3) is 3.95. The number of primary amides is 1. The number of nitrogens with zero attached hydrogens (tertiary/aromatic N) is 2. The number of nitrogen functional groups attached to an aromatic ring is 1. The summed E-state index contributed by atoms with van der Waals surface area (Å²) < 4.78 is 0.818. The van der Waals surface area contributed by atoms with Crippen LogP contribution in [0.25, 0.3) is 0 Å². The summed E-state index contributed by atoms with van der Waals surface area (Å²) in [7, 11) is 0. The van der Waals surface area contributed by atoms with Crippen molar-refractivity contribution in [2.24, 2.45) is 5.73 Å². The fourth-order valence-electron chi connectivity index (χ4n) is 2.04. The molecule has 0 saturated heterocycles. The van der Waals surface area contributed by atoms with Crippen molar-refractivity contribution in [2.75, 3.05) is 17.2 Å². The van der Waals surface area contributed by atoms with E-state index in [1.54, 1.807) is 11.1 Å². The molecule has 0 atom stereocenters. The first kappa shape index (κ1) is 15.3. The van der Waals surface area contributed by atoms with Crippen molar-refractivity contribution in [2.45, 2.75) is 13.5 Å². The zero-order valence-electron chi connectivity index (χ0n) is 11.7. The molecule has 6 heteroatoms. The van der Waals surface area contributed by atoms with Gasteiger partial charge in [-0.25, -0.2) is 4.98 Å². The number of carbonyl (C=O) groups is 1. The molecular formula is C15H17BrN4O. The van der Waals surface area contributed by atoms with Crippen molar-refractivity contribution < 1.29 is 4.79 Å². The first-order valence-electron chi connectivity index (χ1n) is 6.46. The second-order valence-corrected chi connectivity index (χ2v) is 5.69. The lowest BCUT2D eigenvalue weighted by Crippen LogP contribution is -2.34. The van der Waals surface area contributed by atoms with E-state index in [4.69, 9.17) is 11.5 Å². The van der Waals surface area contributed by atoms with Crippen LogP contribution < -0.4 is 16.4 Å². The number of hydrogen-bond donors (Lipinski definition) is 2. The number of nitrogens with two attached hydrogens (primary N) is 2. The molecule has 2 aromatic rings. The van der Waals surface area contributed by atoms with Crippen LogP contribution in [0.1, 0.15) is 11.1 Å². The number of rotatable bonds is 5. The number of anilines is 2. The molecule has 1 aromatic carbocycles.